The SMILES string of the molecule is CC(C)(CO)NC(=O)c1cccc(NC2CC2)n1. The van der Waals surface area contributed by atoms with Crippen LogP contribution in [-0.4, -0.2) is 34.2 Å². The minimum absolute atomic E-state index is 0.112. The maximum Gasteiger partial charge on any atom is 0.270 e. The molecule has 0 aliphatic heterocycles. The number of aliphatic hydroxyl groups excluding tert-OH is 1. The van der Waals surface area contributed by atoms with Crippen molar-refractivity contribution in [3.05, 3.63) is 23.9 Å². The van der Waals surface area contributed by atoms with E-state index >= 15 is 0 Å². The number of hydrogen-bond donors (Lipinski definition) is 3. The molecule has 1 aliphatic rings. The van der Waals surface area contributed by atoms with Gasteiger partial charge in [0.15, 0.2) is 0 Å². The second-order valence-corrected chi connectivity index (χ2v) is 5.32. The normalized spacial score (nSPS) is 15.3. The molecule has 0 spiro atoms. The summed E-state index contributed by atoms with van der Waals surface area (Å²) in [6.07, 6.45) is 2.32. The Hall–Kier alpha value is -1.62. The van der Waals surface area contributed by atoms with Gasteiger partial charge in [0.1, 0.15) is 11.5 Å². The number of nitrogens with one attached hydrogen (secondary N) is 2. The van der Waals surface area contributed by atoms with Crippen molar-refractivity contribution in [3.8, 4) is 0 Å². The predicted molar refractivity (Wildman–Crippen MR) is 69.5 cm³/mol. The van der Waals surface area contributed by atoms with Gasteiger partial charge in [-0.1, -0.05) is 6.07 Å². The number of hydrogen-bond acceptors (Lipinski definition) is 4. The number of nitrogens with zero attached hydrogens (tertiary/aromatic N) is 1. The average molecular weight is 249 g/mol. The third-order valence-electron chi connectivity index (χ3n) is 2.76. The summed E-state index contributed by atoms with van der Waals surface area (Å²) in [4.78, 5) is 16.2. The Labute approximate surface area is 107 Å². The van der Waals surface area contributed by atoms with Crippen LogP contribution in [0.15, 0.2) is 18.2 Å². The standard InChI is InChI=1S/C13H19N3O2/c1-13(2,8-17)16-12(18)10-4-3-5-11(15-10)14-9-6-7-9/h3-5,9,17H,6-8H2,1-2H3,(H,14,15)(H,16,18). The first-order chi connectivity index (χ1) is 8.50. The summed E-state index contributed by atoms with van der Waals surface area (Å²) in [6.45, 7) is 3.41. The van der Waals surface area contributed by atoms with Crippen LogP contribution in [0.5, 0.6) is 0 Å². The Balaban J connectivity index is 2.04. The zero-order valence-electron chi connectivity index (χ0n) is 10.7. The van der Waals surface area contributed by atoms with Gasteiger partial charge in [-0.3, -0.25) is 4.79 Å². The highest BCUT2D eigenvalue weighted by molar-refractivity contribution is 5.93. The molecule has 1 aromatic heterocycles. The van der Waals surface area contributed by atoms with Crippen LogP contribution in [0.25, 0.3) is 0 Å². The Morgan fingerprint density at radius 2 is 2.22 bits per heavy atom. The zero-order chi connectivity index (χ0) is 13.2. The summed E-state index contributed by atoms with van der Waals surface area (Å²) in [7, 11) is 0. The third-order valence-corrected chi connectivity index (χ3v) is 2.76. The number of carbonyl (C=O) groups is 1. The van der Waals surface area contributed by atoms with Gasteiger partial charge in [0.2, 0.25) is 0 Å². The average Bonchev–Trinajstić information content (AvgIpc) is 3.13. The van der Waals surface area contributed by atoms with E-state index in [0.717, 1.165) is 18.7 Å². The molecule has 98 valence electrons. The van der Waals surface area contributed by atoms with E-state index in [-0.39, 0.29) is 12.5 Å². The van der Waals surface area contributed by atoms with Gasteiger partial charge in [-0.15, -0.1) is 0 Å². The summed E-state index contributed by atoms with van der Waals surface area (Å²) in [5, 5.41) is 15.1. The Bertz CT molecular complexity index is 442. The van der Waals surface area contributed by atoms with E-state index in [1.807, 2.05) is 6.07 Å². The molecule has 2 rings (SSSR count). The molecule has 3 N–H and O–H groups in total. The van der Waals surface area contributed by atoms with Crippen LogP contribution < -0.4 is 10.6 Å². The van der Waals surface area contributed by atoms with E-state index in [1.165, 1.54) is 0 Å². The molecule has 18 heavy (non-hydrogen) atoms. The van der Waals surface area contributed by atoms with Crippen LogP contribution in [-0.2, 0) is 0 Å². The Morgan fingerprint density at radius 1 is 1.50 bits per heavy atom. The highest BCUT2D eigenvalue weighted by Gasteiger charge is 2.23. The topological polar surface area (TPSA) is 74.2 Å². The highest BCUT2D eigenvalue weighted by atomic mass is 16.3. The minimum Gasteiger partial charge on any atom is -0.394 e. The number of aliphatic hydroxyl groups is 1. The first-order valence-electron chi connectivity index (χ1n) is 6.17. The van der Waals surface area contributed by atoms with E-state index in [4.69, 9.17) is 5.11 Å². The molecule has 1 heterocycles. The molecule has 0 radical (unpaired) electrons. The van der Waals surface area contributed by atoms with Gasteiger partial charge in [0.25, 0.3) is 5.91 Å². The van der Waals surface area contributed by atoms with Gasteiger partial charge in [0, 0.05) is 6.04 Å². The van der Waals surface area contributed by atoms with Gasteiger partial charge >= 0.3 is 0 Å². The zero-order valence-corrected chi connectivity index (χ0v) is 10.7. The first kappa shape index (κ1) is 12.8. The van der Waals surface area contributed by atoms with Crippen LogP contribution in [0.3, 0.4) is 0 Å². The lowest BCUT2D eigenvalue weighted by Gasteiger charge is -2.23. The number of rotatable bonds is 5. The number of pyridine rings is 1. The second kappa shape index (κ2) is 4.94. The summed E-state index contributed by atoms with van der Waals surface area (Å²) in [6, 6.07) is 5.83. The fraction of sp³-hybridized carbons (Fsp3) is 0.538. The number of anilines is 1. The molecule has 5 nitrogen and oxygen atoms in total. The summed E-state index contributed by atoms with van der Waals surface area (Å²) < 4.78 is 0. The molecule has 0 atom stereocenters. The summed E-state index contributed by atoms with van der Waals surface area (Å²) in [5.74, 6) is 0.459. The van der Waals surface area contributed by atoms with E-state index in [1.54, 1.807) is 26.0 Å². The highest BCUT2D eigenvalue weighted by Crippen LogP contribution is 2.23. The molecular weight excluding hydrogens is 230 g/mol. The molecule has 1 aromatic rings. The van der Waals surface area contributed by atoms with Crippen molar-refractivity contribution < 1.29 is 9.90 Å². The smallest absolute Gasteiger partial charge is 0.270 e. The number of aromatic nitrogens is 1. The fourth-order valence-corrected chi connectivity index (χ4v) is 1.49. The van der Waals surface area contributed by atoms with Gasteiger partial charge in [-0.25, -0.2) is 4.98 Å². The Morgan fingerprint density at radius 3 is 2.83 bits per heavy atom. The van der Waals surface area contributed by atoms with E-state index in [2.05, 4.69) is 15.6 Å². The van der Waals surface area contributed by atoms with E-state index in [9.17, 15) is 4.79 Å². The lowest BCUT2D eigenvalue weighted by Crippen LogP contribution is -2.46. The van der Waals surface area contributed by atoms with Crippen molar-refractivity contribution in [1.29, 1.82) is 0 Å². The molecule has 0 bridgehead atoms. The Kier molecular flexibility index (Phi) is 3.52. The third kappa shape index (κ3) is 3.43. The van der Waals surface area contributed by atoms with Gasteiger partial charge < -0.3 is 15.7 Å². The maximum atomic E-state index is 12.0. The quantitative estimate of drug-likeness (QED) is 0.732. The van der Waals surface area contributed by atoms with E-state index in [0.29, 0.717) is 11.7 Å². The van der Waals surface area contributed by atoms with Crippen molar-refractivity contribution in [1.82, 2.24) is 10.3 Å². The maximum absolute atomic E-state index is 12.0. The van der Waals surface area contributed by atoms with Crippen molar-refractivity contribution in [3.63, 3.8) is 0 Å². The van der Waals surface area contributed by atoms with Crippen LogP contribution in [0.4, 0.5) is 5.82 Å². The molecule has 1 saturated carbocycles. The van der Waals surface area contributed by atoms with Gasteiger partial charge in [-0.05, 0) is 38.8 Å². The molecule has 5 heteroatoms. The number of amides is 1. The monoisotopic (exact) mass is 249 g/mol. The second-order valence-electron chi connectivity index (χ2n) is 5.32. The van der Waals surface area contributed by atoms with Gasteiger partial charge in [-0.2, -0.15) is 0 Å². The van der Waals surface area contributed by atoms with Crippen LogP contribution in [0.1, 0.15) is 37.2 Å². The molecular formula is C13H19N3O2. The van der Waals surface area contributed by atoms with Crippen molar-refractivity contribution in [2.75, 3.05) is 11.9 Å². The fourth-order valence-electron chi connectivity index (χ4n) is 1.49. The van der Waals surface area contributed by atoms with E-state index < -0.39 is 5.54 Å². The largest absolute Gasteiger partial charge is 0.394 e. The van der Waals surface area contributed by atoms with Crippen molar-refractivity contribution in [2.45, 2.75) is 38.3 Å². The minimum atomic E-state index is -0.640. The molecule has 0 aromatic carbocycles. The predicted octanol–water partition coefficient (Wildman–Crippen LogP) is 1.16. The number of carbonyl (C=O) groups excluding carboxylic acids is 1. The van der Waals surface area contributed by atoms with Crippen molar-refractivity contribution in [2.24, 2.45) is 0 Å². The molecule has 0 unspecified atom stereocenters. The molecule has 1 aliphatic carbocycles. The van der Waals surface area contributed by atoms with Gasteiger partial charge in [0.05, 0.1) is 12.1 Å². The van der Waals surface area contributed by atoms with Crippen LogP contribution in [0, 0.1) is 0 Å². The van der Waals surface area contributed by atoms with Crippen LogP contribution >= 0.6 is 0 Å². The molecule has 1 amide bonds. The van der Waals surface area contributed by atoms with Crippen LogP contribution in [0.2, 0.25) is 0 Å². The molecule has 1 fully saturated rings. The first-order valence-corrected chi connectivity index (χ1v) is 6.17. The summed E-state index contributed by atoms with van der Waals surface area (Å²) in [5.41, 5.74) is -0.277. The summed E-state index contributed by atoms with van der Waals surface area (Å²) >= 11 is 0. The lowest BCUT2D eigenvalue weighted by atomic mass is 10.1. The van der Waals surface area contributed by atoms with Crippen molar-refractivity contribution >= 4 is 11.7 Å². The molecule has 0 saturated heterocycles. The lowest BCUT2D eigenvalue weighted by molar-refractivity contribution is 0.0864.